The van der Waals surface area contributed by atoms with Crippen molar-refractivity contribution in [3.63, 3.8) is 0 Å². The van der Waals surface area contributed by atoms with Crippen LogP contribution in [0.2, 0.25) is 0 Å². The predicted octanol–water partition coefficient (Wildman–Crippen LogP) is 1.73. The second-order valence-electron chi connectivity index (χ2n) is 6.61. The molecule has 158 valence electrons. The maximum Gasteiger partial charge on any atom is 0.241 e. The molecule has 29 heavy (non-hydrogen) atoms. The Balaban J connectivity index is 2.17. The summed E-state index contributed by atoms with van der Waals surface area (Å²) in [6.07, 6.45) is 0.269. The van der Waals surface area contributed by atoms with Crippen molar-refractivity contribution in [3.05, 3.63) is 59.7 Å². The zero-order valence-corrected chi connectivity index (χ0v) is 17.1. The van der Waals surface area contributed by atoms with Crippen LogP contribution in [0.25, 0.3) is 0 Å². The normalized spacial score (nSPS) is 21.5. The van der Waals surface area contributed by atoms with E-state index >= 15 is 0 Å². The molecule has 0 aromatic heterocycles. The molecule has 2 unspecified atom stereocenters. The minimum Gasteiger partial charge on any atom is -0.394 e. The number of sulfone groups is 1. The Kier molecular flexibility index (Phi) is 6.32. The molecule has 0 radical (unpaired) electrons. The van der Waals surface area contributed by atoms with Crippen molar-refractivity contribution in [1.82, 2.24) is 0 Å². The summed E-state index contributed by atoms with van der Waals surface area (Å²) in [4.78, 5) is 12.2. The Bertz CT molecular complexity index is 993. The van der Waals surface area contributed by atoms with Gasteiger partial charge in [0.2, 0.25) is 5.91 Å². The Morgan fingerprint density at radius 2 is 1.76 bits per heavy atom. The number of carbonyl (C=O) groups excluding carboxylic acids is 1. The number of benzene rings is 2. The van der Waals surface area contributed by atoms with E-state index in [1.807, 2.05) is 0 Å². The van der Waals surface area contributed by atoms with Crippen molar-refractivity contribution in [2.24, 2.45) is 5.73 Å². The van der Waals surface area contributed by atoms with Crippen LogP contribution in [-0.4, -0.2) is 53.6 Å². The first kappa shape index (κ1) is 21.8. The molecule has 2 atom stereocenters. The van der Waals surface area contributed by atoms with E-state index in [-0.39, 0.29) is 41.6 Å². The smallest absolute Gasteiger partial charge is 0.241 e. The Hall–Kier alpha value is -1.95. The largest absolute Gasteiger partial charge is 0.394 e. The number of ether oxygens (including phenoxy) is 1. The lowest BCUT2D eigenvalue weighted by Gasteiger charge is -2.34. The fraction of sp³-hybridized carbons (Fsp3) is 0.316. The molecule has 1 amide bonds. The highest BCUT2D eigenvalue weighted by atomic mass is 32.3. The van der Waals surface area contributed by atoms with E-state index in [2.05, 4.69) is 0 Å². The van der Waals surface area contributed by atoms with Gasteiger partial charge < -0.3 is 15.6 Å². The Morgan fingerprint density at radius 3 is 2.38 bits per heavy atom. The van der Waals surface area contributed by atoms with Crippen LogP contribution in [0.15, 0.2) is 58.3 Å². The average Bonchev–Trinajstić information content (AvgIpc) is 2.95. The van der Waals surface area contributed by atoms with Crippen LogP contribution in [0.4, 0.5) is 0 Å². The van der Waals surface area contributed by atoms with Crippen LogP contribution in [0, 0.1) is 0 Å². The number of amides is 1. The first-order valence-corrected chi connectivity index (χ1v) is 12.0. The zero-order chi connectivity index (χ0) is 21.2. The van der Waals surface area contributed by atoms with Crippen LogP contribution in [-0.2, 0) is 25.8 Å². The summed E-state index contributed by atoms with van der Waals surface area (Å²) in [7, 11) is -7.93. The lowest BCUT2D eigenvalue weighted by molar-refractivity contribution is -0.117. The lowest BCUT2D eigenvalue weighted by Crippen LogP contribution is -2.37. The summed E-state index contributed by atoms with van der Waals surface area (Å²) >= 11 is 0. The second kappa shape index (κ2) is 8.42. The fourth-order valence-electron chi connectivity index (χ4n) is 3.59. The first-order chi connectivity index (χ1) is 13.7. The highest BCUT2D eigenvalue weighted by Gasteiger charge is 2.55. The van der Waals surface area contributed by atoms with Crippen LogP contribution in [0.1, 0.15) is 16.4 Å². The number of carbonyl (C=O) groups is 1. The minimum atomic E-state index is -4.16. The molecule has 3 rings (SSSR count). The number of primary amides is 1. The number of rotatable bonds is 8. The van der Waals surface area contributed by atoms with E-state index in [4.69, 9.17) is 15.6 Å². The highest BCUT2D eigenvalue weighted by molar-refractivity contribution is 8.26. The molecule has 2 aromatic rings. The third kappa shape index (κ3) is 3.91. The van der Waals surface area contributed by atoms with Crippen molar-refractivity contribution >= 4 is 26.3 Å². The summed E-state index contributed by atoms with van der Waals surface area (Å²) in [5.41, 5.74) is 6.16. The molecule has 1 aliphatic heterocycles. The first-order valence-electron chi connectivity index (χ1n) is 8.88. The third-order valence-electron chi connectivity index (χ3n) is 4.83. The maximum absolute atomic E-state index is 13.4. The van der Waals surface area contributed by atoms with Gasteiger partial charge in [0.05, 0.1) is 29.6 Å². The zero-order valence-electron chi connectivity index (χ0n) is 15.5. The molecule has 0 bridgehead atoms. The number of hydrogen-bond acceptors (Lipinski definition) is 7. The topological polar surface area (TPSA) is 147 Å². The molecular weight excluding hydrogens is 418 g/mol. The molecule has 0 fully saturated rings. The van der Waals surface area contributed by atoms with Crippen LogP contribution in [0.5, 0.6) is 0 Å². The van der Waals surface area contributed by atoms with Gasteiger partial charge in [-0.25, -0.2) is 8.42 Å². The summed E-state index contributed by atoms with van der Waals surface area (Å²) in [5.74, 6) is -1.09. The van der Waals surface area contributed by atoms with Crippen molar-refractivity contribution in [1.29, 1.82) is 0 Å². The van der Waals surface area contributed by atoms with E-state index in [9.17, 15) is 22.3 Å². The highest BCUT2D eigenvalue weighted by Crippen LogP contribution is 2.66. The molecule has 0 spiro atoms. The quantitative estimate of drug-likeness (QED) is 0.456. The molecule has 2 aromatic carbocycles. The van der Waals surface area contributed by atoms with Crippen molar-refractivity contribution < 1.29 is 32.2 Å². The van der Waals surface area contributed by atoms with E-state index < -0.39 is 36.8 Å². The second-order valence-corrected chi connectivity index (χ2v) is 10.8. The van der Waals surface area contributed by atoms with Crippen LogP contribution in [0.3, 0.4) is 0 Å². The molecule has 0 saturated carbocycles. The van der Waals surface area contributed by atoms with Gasteiger partial charge in [-0.2, -0.15) is 10.6 Å². The van der Waals surface area contributed by atoms with Gasteiger partial charge >= 0.3 is 0 Å². The van der Waals surface area contributed by atoms with E-state index in [1.165, 1.54) is 18.2 Å². The van der Waals surface area contributed by atoms with Gasteiger partial charge in [-0.3, -0.25) is 13.9 Å². The fourth-order valence-corrected chi connectivity index (χ4v) is 8.38. The van der Waals surface area contributed by atoms with Crippen molar-refractivity contribution in [3.8, 4) is 0 Å². The molecule has 0 saturated heterocycles. The van der Waals surface area contributed by atoms with Crippen molar-refractivity contribution in [2.75, 3.05) is 19.8 Å². The van der Waals surface area contributed by atoms with Gasteiger partial charge in [0, 0.05) is 0 Å². The molecule has 10 heteroatoms. The van der Waals surface area contributed by atoms with Gasteiger partial charge in [0.15, 0.2) is 15.1 Å². The monoisotopic (exact) mass is 441 g/mol. The third-order valence-corrected chi connectivity index (χ3v) is 9.33. The standard InChI is InChI=1S/C19H23NO7S2/c20-19(22)18-17(28(23,24)14-6-2-1-3-7-14)16-13(9-11-27-12-10-21)5-4-8-15(16)29(18,25)26/h1-8,17-18,21,25-26H,9-12H2,(H2,20,22). The Labute approximate surface area is 170 Å². The lowest BCUT2D eigenvalue weighted by atomic mass is 10.00. The number of aliphatic hydroxyl groups is 1. The van der Waals surface area contributed by atoms with E-state index in [0.29, 0.717) is 5.56 Å². The van der Waals surface area contributed by atoms with Crippen LogP contribution >= 0.6 is 10.6 Å². The molecule has 0 aliphatic carbocycles. The number of aliphatic hydroxyl groups excluding tert-OH is 1. The van der Waals surface area contributed by atoms with Crippen LogP contribution < -0.4 is 5.73 Å². The molecule has 5 N–H and O–H groups in total. The van der Waals surface area contributed by atoms with Gasteiger partial charge in [0.1, 0.15) is 5.25 Å². The molecule has 8 nitrogen and oxygen atoms in total. The number of fused-ring (bicyclic) bond motifs is 1. The minimum absolute atomic E-state index is 0.0189. The summed E-state index contributed by atoms with van der Waals surface area (Å²) in [6.45, 7) is 0.164. The predicted molar refractivity (Wildman–Crippen MR) is 109 cm³/mol. The molecule has 1 aliphatic rings. The van der Waals surface area contributed by atoms with Gasteiger partial charge in [-0.15, -0.1) is 0 Å². The maximum atomic E-state index is 13.4. The van der Waals surface area contributed by atoms with E-state index in [1.54, 1.807) is 30.3 Å². The molecular formula is C19H23NO7S2. The number of nitrogens with two attached hydrogens (primary N) is 1. The van der Waals surface area contributed by atoms with Gasteiger partial charge in [-0.1, -0.05) is 30.3 Å². The van der Waals surface area contributed by atoms with E-state index in [0.717, 1.165) is 0 Å². The van der Waals surface area contributed by atoms with Gasteiger partial charge in [0.25, 0.3) is 0 Å². The SMILES string of the molecule is NC(=O)C1C(S(=O)(=O)c2ccccc2)c2c(CCOCCO)cccc2S1(O)O. The van der Waals surface area contributed by atoms with Gasteiger partial charge in [-0.05, 0) is 35.7 Å². The summed E-state index contributed by atoms with van der Waals surface area (Å²) in [5, 5.41) is 5.63. The number of hydrogen-bond donors (Lipinski definition) is 4. The molecule has 1 heterocycles. The Morgan fingerprint density at radius 1 is 1.07 bits per heavy atom. The average molecular weight is 442 g/mol. The summed E-state index contributed by atoms with van der Waals surface area (Å²) in [6, 6.07) is 12.2. The van der Waals surface area contributed by atoms with Crippen molar-refractivity contribution in [2.45, 2.75) is 26.7 Å². The summed E-state index contributed by atoms with van der Waals surface area (Å²) < 4.78 is 53.8.